The highest BCUT2D eigenvalue weighted by Gasteiger charge is 2.20. The van der Waals surface area contributed by atoms with Crippen molar-refractivity contribution in [2.75, 3.05) is 7.05 Å². The maximum Gasteiger partial charge on any atom is 0.317 e. The average Bonchev–Trinajstić information content (AvgIpc) is 2.90. The van der Waals surface area contributed by atoms with Gasteiger partial charge in [-0.05, 0) is 11.5 Å². The zero-order chi connectivity index (χ0) is 16.1. The number of nitrogens with one attached hydrogen (secondary N) is 1. The van der Waals surface area contributed by atoms with Gasteiger partial charge in [-0.3, -0.25) is 4.68 Å². The van der Waals surface area contributed by atoms with Gasteiger partial charge in [-0.1, -0.05) is 44.2 Å². The van der Waals surface area contributed by atoms with Crippen LogP contribution in [0.3, 0.4) is 0 Å². The van der Waals surface area contributed by atoms with Crippen LogP contribution in [0.25, 0.3) is 0 Å². The molecular weight excluding hydrogens is 276 g/mol. The molecule has 0 saturated carbocycles. The molecule has 1 aromatic heterocycles. The smallest absolute Gasteiger partial charge is 0.317 e. The molecule has 5 heteroatoms. The quantitative estimate of drug-likeness (QED) is 0.923. The number of aromatic nitrogens is 2. The largest absolute Gasteiger partial charge is 0.331 e. The Labute approximate surface area is 131 Å². The van der Waals surface area contributed by atoms with Gasteiger partial charge in [0.2, 0.25) is 0 Å². The molecule has 0 spiro atoms. The standard InChI is InChI=1S/C17H24N4O/c1-13(2)16(15-8-6-5-7-9-15)19-17(22)20(3)11-14-10-18-21(4)12-14/h5-10,12-13,16H,11H2,1-4H3,(H,19,22). The van der Waals surface area contributed by atoms with Gasteiger partial charge in [-0.15, -0.1) is 0 Å². The number of amides is 2. The first kappa shape index (κ1) is 16.1. The minimum Gasteiger partial charge on any atom is -0.331 e. The number of benzene rings is 1. The number of urea groups is 1. The number of hydrogen-bond donors (Lipinski definition) is 1. The lowest BCUT2D eigenvalue weighted by atomic mass is 9.96. The highest BCUT2D eigenvalue weighted by Crippen LogP contribution is 2.21. The molecule has 0 aliphatic carbocycles. The van der Waals surface area contributed by atoms with Crippen molar-refractivity contribution in [2.24, 2.45) is 13.0 Å². The lowest BCUT2D eigenvalue weighted by molar-refractivity contribution is 0.199. The zero-order valence-corrected chi connectivity index (χ0v) is 13.7. The second-order valence-electron chi connectivity index (χ2n) is 5.96. The molecule has 2 aromatic rings. The molecule has 0 bridgehead atoms. The highest BCUT2D eigenvalue weighted by molar-refractivity contribution is 5.74. The van der Waals surface area contributed by atoms with E-state index in [0.717, 1.165) is 11.1 Å². The van der Waals surface area contributed by atoms with E-state index in [9.17, 15) is 4.79 Å². The molecule has 1 N–H and O–H groups in total. The molecule has 118 valence electrons. The number of hydrogen-bond acceptors (Lipinski definition) is 2. The van der Waals surface area contributed by atoms with E-state index in [1.807, 2.05) is 43.6 Å². The van der Waals surface area contributed by atoms with E-state index in [1.54, 1.807) is 22.8 Å². The Morgan fingerprint density at radius 1 is 1.32 bits per heavy atom. The first-order valence-electron chi connectivity index (χ1n) is 7.51. The second-order valence-corrected chi connectivity index (χ2v) is 5.96. The maximum atomic E-state index is 12.4. The molecule has 2 amide bonds. The van der Waals surface area contributed by atoms with Gasteiger partial charge in [0.15, 0.2) is 0 Å². The Balaban J connectivity index is 2.01. The van der Waals surface area contributed by atoms with Crippen LogP contribution < -0.4 is 5.32 Å². The van der Waals surface area contributed by atoms with E-state index in [-0.39, 0.29) is 12.1 Å². The molecule has 0 fully saturated rings. The van der Waals surface area contributed by atoms with Gasteiger partial charge in [0, 0.05) is 25.9 Å². The first-order valence-corrected chi connectivity index (χ1v) is 7.51. The number of nitrogens with zero attached hydrogens (tertiary/aromatic N) is 3. The SMILES string of the molecule is CC(C)C(NC(=O)N(C)Cc1cnn(C)c1)c1ccccc1. The summed E-state index contributed by atoms with van der Waals surface area (Å²) in [7, 11) is 3.67. The van der Waals surface area contributed by atoms with Crippen LogP contribution in [0.4, 0.5) is 4.79 Å². The fraction of sp³-hybridized carbons (Fsp3) is 0.412. The second kappa shape index (κ2) is 7.11. The predicted molar refractivity (Wildman–Crippen MR) is 87.2 cm³/mol. The van der Waals surface area contributed by atoms with Crippen molar-refractivity contribution in [3.63, 3.8) is 0 Å². The maximum absolute atomic E-state index is 12.4. The molecule has 1 aromatic carbocycles. The van der Waals surface area contributed by atoms with Gasteiger partial charge in [-0.2, -0.15) is 5.10 Å². The summed E-state index contributed by atoms with van der Waals surface area (Å²) in [4.78, 5) is 14.1. The molecule has 1 atom stereocenters. The molecule has 1 heterocycles. The summed E-state index contributed by atoms with van der Waals surface area (Å²) in [6, 6.07) is 10.00. The van der Waals surface area contributed by atoms with Crippen LogP contribution in [0.1, 0.15) is 31.0 Å². The van der Waals surface area contributed by atoms with Gasteiger partial charge in [0.05, 0.1) is 18.8 Å². The monoisotopic (exact) mass is 300 g/mol. The minimum atomic E-state index is -0.0774. The summed E-state index contributed by atoms with van der Waals surface area (Å²) in [5.74, 6) is 0.318. The van der Waals surface area contributed by atoms with Crippen LogP contribution in [0.5, 0.6) is 0 Å². The van der Waals surface area contributed by atoms with Crippen molar-refractivity contribution in [1.29, 1.82) is 0 Å². The number of carbonyl (C=O) groups is 1. The van der Waals surface area contributed by atoms with E-state index < -0.39 is 0 Å². The fourth-order valence-electron chi connectivity index (χ4n) is 2.44. The van der Waals surface area contributed by atoms with Crippen LogP contribution in [0.2, 0.25) is 0 Å². The Bertz CT molecular complexity index is 606. The Morgan fingerprint density at radius 3 is 2.55 bits per heavy atom. The van der Waals surface area contributed by atoms with Crippen molar-refractivity contribution in [3.8, 4) is 0 Å². The van der Waals surface area contributed by atoms with Crippen molar-refractivity contribution >= 4 is 6.03 Å². The van der Waals surface area contributed by atoms with E-state index in [4.69, 9.17) is 0 Å². The van der Waals surface area contributed by atoms with E-state index in [0.29, 0.717) is 12.5 Å². The number of rotatable bonds is 5. The summed E-state index contributed by atoms with van der Waals surface area (Å²) in [5, 5.41) is 7.24. The van der Waals surface area contributed by atoms with Gasteiger partial charge >= 0.3 is 6.03 Å². The van der Waals surface area contributed by atoms with Crippen molar-refractivity contribution in [1.82, 2.24) is 20.0 Å². The first-order chi connectivity index (χ1) is 10.5. The van der Waals surface area contributed by atoms with Crippen LogP contribution in [-0.4, -0.2) is 27.8 Å². The molecule has 0 radical (unpaired) electrons. The average molecular weight is 300 g/mol. The third kappa shape index (κ3) is 4.10. The summed E-state index contributed by atoms with van der Waals surface area (Å²) in [6.45, 7) is 4.76. The molecule has 0 aliphatic heterocycles. The topological polar surface area (TPSA) is 50.2 Å². The lowest BCUT2D eigenvalue weighted by Crippen LogP contribution is -2.40. The van der Waals surface area contributed by atoms with Crippen LogP contribution >= 0.6 is 0 Å². The molecule has 5 nitrogen and oxygen atoms in total. The minimum absolute atomic E-state index is 0.00467. The van der Waals surface area contributed by atoms with Gasteiger partial charge in [0.1, 0.15) is 0 Å². The van der Waals surface area contributed by atoms with Gasteiger partial charge < -0.3 is 10.2 Å². The van der Waals surface area contributed by atoms with Gasteiger partial charge in [0.25, 0.3) is 0 Å². The molecule has 22 heavy (non-hydrogen) atoms. The summed E-state index contributed by atoms with van der Waals surface area (Å²) in [5.41, 5.74) is 2.14. The summed E-state index contributed by atoms with van der Waals surface area (Å²) < 4.78 is 1.74. The molecule has 0 aliphatic rings. The van der Waals surface area contributed by atoms with E-state index in [1.165, 1.54) is 0 Å². The van der Waals surface area contributed by atoms with Crippen LogP contribution in [-0.2, 0) is 13.6 Å². The van der Waals surface area contributed by atoms with Crippen LogP contribution in [0.15, 0.2) is 42.7 Å². The van der Waals surface area contributed by atoms with E-state index >= 15 is 0 Å². The Kier molecular flexibility index (Phi) is 5.20. The van der Waals surface area contributed by atoms with E-state index in [2.05, 4.69) is 24.3 Å². The third-order valence-corrected chi connectivity index (χ3v) is 3.63. The molecule has 1 unspecified atom stereocenters. The number of aryl methyl sites for hydroxylation is 1. The normalized spacial score (nSPS) is 12.2. The molecule has 0 saturated heterocycles. The van der Waals surface area contributed by atoms with Crippen molar-refractivity contribution in [3.05, 3.63) is 53.9 Å². The summed E-state index contributed by atoms with van der Waals surface area (Å²) in [6.07, 6.45) is 3.70. The highest BCUT2D eigenvalue weighted by atomic mass is 16.2. The summed E-state index contributed by atoms with van der Waals surface area (Å²) >= 11 is 0. The Morgan fingerprint density at radius 2 is 2.00 bits per heavy atom. The molecule has 2 rings (SSSR count). The Hall–Kier alpha value is -2.30. The van der Waals surface area contributed by atoms with Crippen molar-refractivity contribution < 1.29 is 4.79 Å². The predicted octanol–water partition coefficient (Wildman–Crippen LogP) is 2.96. The number of carbonyl (C=O) groups excluding carboxylic acids is 1. The van der Waals surface area contributed by atoms with Crippen LogP contribution in [0, 0.1) is 5.92 Å². The lowest BCUT2D eigenvalue weighted by Gasteiger charge is -2.26. The fourth-order valence-corrected chi connectivity index (χ4v) is 2.44. The zero-order valence-electron chi connectivity index (χ0n) is 13.7. The van der Waals surface area contributed by atoms with Gasteiger partial charge in [-0.25, -0.2) is 4.79 Å². The van der Waals surface area contributed by atoms with Crippen molar-refractivity contribution in [2.45, 2.75) is 26.4 Å². The molecular formula is C17H24N4O. The third-order valence-electron chi connectivity index (χ3n) is 3.63.